The smallest absolute Gasteiger partial charge is 0.168 e. The van der Waals surface area contributed by atoms with Gasteiger partial charge in [-0.1, -0.05) is 44.2 Å². The average molecular weight is 453 g/mol. The molecule has 2 heterocycles. The van der Waals surface area contributed by atoms with Gasteiger partial charge < -0.3 is 4.74 Å². The lowest BCUT2D eigenvalue weighted by atomic mass is 10.0. The zero-order valence-corrected chi connectivity index (χ0v) is 19.7. The van der Waals surface area contributed by atoms with Crippen LogP contribution in [0.2, 0.25) is 0 Å². The van der Waals surface area contributed by atoms with Crippen molar-refractivity contribution in [2.24, 2.45) is 5.92 Å². The van der Waals surface area contributed by atoms with Gasteiger partial charge in [0.1, 0.15) is 11.6 Å². The van der Waals surface area contributed by atoms with Crippen molar-refractivity contribution in [2.75, 3.05) is 33.3 Å². The maximum Gasteiger partial charge on any atom is 0.168 e. The van der Waals surface area contributed by atoms with Gasteiger partial charge in [-0.3, -0.25) is 9.80 Å². The molecule has 0 aliphatic carbocycles. The number of piperazine rings is 1. The normalized spacial score (nSPS) is 16.3. The Balaban J connectivity index is 1.45. The lowest BCUT2D eigenvalue weighted by Gasteiger charge is -2.39. The fourth-order valence-corrected chi connectivity index (χ4v) is 4.50. The van der Waals surface area contributed by atoms with Crippen LogP contribution in [0, 0.1) is 11.7 Å². The van der Waals surface area contributed by atoms with E-state index >= 15 is 0 Å². The molecule has 4 rings (SSSR count). The van der Waals surface area contributed by atoms with Crippen LogP contribution in [0.15, 0.2) is 48.5 Å². The first-order chi connectivity index (χ1) is 16.0. The minimum Gasteiger partial charge on any atom is -0.496 e. The van der Waals surface area contributed by atoms with Crippen LogP contribution in [-0.2, 0) is 13.1 Å². The summed E-state index contributed by atoms with van der Waals surface area (Å²) < 4.78 is 20.7. The molecule has 1 aliphatic heterocycles. The molecule has 1 saturated heterocycles. The second-order valence-electron chi connectivity index (χ2n) is 9.09. The molecule has 0 radical (unpaired) electrons. The van der Waals surface area contributed by atoms with E-state index in [1.165, 1.54) is 17.7 Å². The Hall–Kier alpha value is -2.84. The van der Waals surface area contributed by atoms with Crippen molar-refractivity contribution in [3.05, 3.63) is 71.3 Å². The van der Waals surface area contributed by atoms with E-state index in [1.807, 2.05) is 16.8 Å². The number of para-hydroxylation sites is 1. The van der Waals surface area contributed by atoms with Crippen molar-refractivity contribution in [3.8, 4) is 5.75 Å². The predicted octanol–water partition coefficient (Wildman–Crippen LogP) is 3.77. The summed E-state index contributed by atoms with van der Waals surface area (Å²) in [6.45, 7) is 9.75. The van der Waals surface area contributed by atoms with Gasteiger partial charge in [0.05, 0.1) is 19.7 Å². The van der Waals surface area contributed by atoms with Crippen molar-refractivity contribution in [2.45, 2.75) is 39.4 Å². The predicted molar refractivity (Wildman–Crippen MR) is 125 cm³/mol. The Morgan fingerprint density at radius 3 is 2.39 bits per heavy atom. The minimum absolute atomic E-state index is 0.147. The van der Waals surface area contributed by atoms with Gasteiger partial charge in [0.2, 0.25) is 0 Å². The molecule has 7 nitrogen and oxygen atoms in total. The summed E-state index contributed by atoms with van der Waals surface area (Å²) in [5.74, 6) is 2.10. The van der Waals surface area contributed by atoms with Gasteiger partial charge in [0, 0.05) is 38.3 Å². The molecule has 1 aromatic heterocycles. The molecule has 1 fully saturated rings. The largest absolute Gasteiger partial charge is 0.496 e. The number of tetrazole rings is 1. The Morgan fingerprint density at radius 1 is 0.970 bits per heavy atom. The summed E-state index contributed by atoms with van der Waals surface area (Å²) in [6, 6.07) is 14.9. The van der Waals surface area contributed by atoms with E-state index < -0.39 is 0 Å². The van der Waals surface area contributed by atoms with Crippen molar-refractivity contribution in [1.82, 2.24) is 30.0 Å². The summed E-state index contributed by atoms with van der Waals surface area (Å²) in [5, 5.41) is 12.7. The fraction of sp³-hybridized carbons (Fsp3) is 0.480. The Kier molecular flexibility index (Phi) is 7.67. The summed E-state index contributed by atoms with van der Waals surface area (Å²) in [6.07, 6.45) is 0.982. The van der Waals surface area contributed by atoms with E-state index in [4.69, 9.17) is 4.74 Å². The van der Waals surface area contributed by atoms with Gasteiger partial charge in [-0.05, 0) is 46.5 Å². The molecule has 1 aliphatic rings. The summed E-state index contributed by atoms with van der Waals surface area (Å²) >= 11 is 0. The second-order valence-corrected chi connectivity index (χ2v) is 9.09. The zero-order chi connectivity index (χ0) is 23.2. The quantitative estimate of drug-likeness (QED) is 0.493. The van der Waals surface area contributed by atoms with E-state index in [-0.39, 0.29) is 11.9 Å². The number of hydrogen-bond acceptors (Lipinski definition) is 6. The summed E-state index contributed by atoms with van der Waals surface area (Å²) in [5.41, 5.74) is 2.20. The SMILES string of the molecule is COc1ccccc1CN1CCN(C(CC(C)C)c2nnnn2Cc2ccc(F)cc2)CC1. The van der Waals surface area contributed by atoms with Gasteiger partial charge in [0.25, 0.3) is 0 Å². The van der Waals surface area contributed by atoms with Gasteiger partial charge in [-0.15, -0.1) is 5.10 Å². The molecule has 0 bridgehead atoms. The highest BCUT2D eigenvalue weighted by atomic mass is 19.1. The molecular weight excluding hydrogens is 419 g/mol. The zero-order valence-electron chi connectivity index (χ0n) is 19.7. The van der Waals surface area contributed by atoms with Gasteiger partial charge in [-0.2, -0.15) is 0 Å². The molecule has 33 heavy (non-hydrogen) atoms. The third-order valence-electron chi connectivity index (χ3n) is 6.23. The van der Waals surface area contributed by atoms with Crippen LogP contribution in [-0.4, -0.2) is 63.3 Å². The van der Waals surface area contributed by atoms with Crippen LogP contribution in [0.1, 0.15) is 43.3 Å². The molecule has 0 N–H and O–H groups in total. The van der Waals surface area contributed by atoms with Gasteiger partial charge in [-0.25, -0.2) is 9.07 Å². The molecule has 8 heteroatoms. The van der Waals surface area contributed by atoms with Crippen LogP contribution in [0.5, 0.6) is 5.75 Å². The topological polar surface area (TPSA) is 59.3 Å². The first-order valence-corrected chi connectivity index (χ1v) is 11.6. The van der Waals surface area contributed by atoms with E-state index in [0.717, 1.165) is 56.3 Å². The molecule has 3 aromatic rings. The number of benzene rings is 2. The molecule has 1 unspecified atom stereocenters. The number of halogens is 1. The van der Waals surface area contributed by atoms with Crippen molar-refractivity contribution in [3.63, 3.8) is 0 Å². The van der Waals surface area contributed by atoms with Gasteiger partial charge >= 0.3 is 0 Å². The number of hydrogen-bond donors (Lipinski definition) is 0. The van der Waals surface area contributed by atoms with Crippen molar-refractivity contribution < 1.29 is 9.13 Å². The molecule has 176 valence electrons. The Bertz CT molecular complexity index is 1010. The lowest BCUT2D eigenvalue weighted by Crippen LogP contribution is -2.48. The fourth-order valence-electron chi connectivity index (χ4n) is 4.50. The second kappa shape index (κ2) is 10.9. The number of ether oxygens (including phenoxy) is 1. The molecule has 1 atom stereocenters. The number of nitrogens with zero attached hydrogens (tertiary/aromatic N) is 6. The molecular formula is C25H33FN6O. The monoisotopic (exact) mass is 452 g/mol. The Morgan fingerprint density at radius 2 is 1.70 bits per heavy atom. The maximum atomic E-state index is 13.3. The van der Waals surface area contributed by atoms with E-state index in [2.05, 4.69) is 51.3 Å². The highest BCUT2D eigenvalue weighted by molar-refractivity contribution is 5.33. The third-order valence-corrected chi connectivity index (χ3v) is 6.23. The standard InChI is InChI=1S/C25H33FN6O/c1-19(2)16-23(25-27-28-29-32(25)17-20-8-10-22(26)11-9-20)31-14-12-30(13-15-31)18-21-6-4-5-7-24(21)33-3/h4-11,19,23H,12-18H2,1-3H3. The van der Waals surface area contributed by atoms with Gasteiger partial charge in [0.15, 0.2) is 5.82 Å². The van der Waals surface area contributed by atoms with Crippen LogP contribution in [0.4, 0.5) is 4.39 Å². The van der Waals surface area contributed by atoms with Crippen LogP contribution in [0.25, 0.3) is 0 Å². The highest BCUT2D eigenvalue weighted by Gasteiger charge is 2.30. The van der Waals surface area contributed by atoms with Crippen LogP contribution >= 0.6 is 0 Å². The summed E-state index contributed by atoms with van der Waals surface area (Å²) in [4.78, 5) is 4.98. The maximum absolute atomic E-state index is 13.3. The Labute approximate surface area is 195 Å². The van der Waals surface area contributed by atoms with E-state index in [0.29, 0.717) is 12.5 Å². The first-order valence-electron chi connectivity index (χ1n) is 11.6. The van der Waals surface area contributed by atoms with E-state index in [9.17, 15) is 4.39 Å². The molecule has 0 amide bonds. The number of rotatable bonds is 9. The van der Waals surface area contributed by atoms with E-state index in [1.54, 1.807) is 19.2 Å². The first kappa shape index (κ1) is 23.3. The molecule has 0 saturated carbocycles. The molecule has 2 aromatic carbocycles. The van der Waals surface area contributed by atoms with Crippen molar-refractivity contribution >= 4 is 0 Å². The number of methoxy groups -OCH3 is 1. The highest BCUT2D eigenvalue weighted by Crippen LogP contribution is 2.28. The minimum atomic E-state index is -0.237. The van der Waals surface area contributed by atoms with Crippen molar-refractivity contribution in [1.29, 1.82) is 0 Å². The number of aromatic nitrogens is 4. The average Bonchev–Trinajstić information content (AvgIpc) is 3.27. The third kappa shape index (κ3) is 5.94. The lowest BCUT2D eigenvalue weighted by molar-refractivity contribution is 0.0766. The molecule has 0 spiro atoms. The van der Waals surface area contributed by atoms with Crippen LogP contribution < -0.4 is 4.74 Å². The van der Waals surface area contributed by atoms with Crippen LogP contribution in [0.3, 0.4) is 0 Å². The summed E-state index contributed by atoms with van der Waals surface area (Å²) in [7, 11) is 1.73.